The molecule has 0 bridgehead atoms. The Morgan fingerprint density at radius 1 is 1.55 bits per heavy atom. The molecule has 1 N–H and O–H groups in total. The molecule has 0 atom stereocenters. The quantitative estimate of drug-likeness (QED) is 0.680. The molecule has 1 nitrogen and oxygen atoms in total. The molecule has 1 heteroatoms. The summed E-state index contributed by atoms with van der Waals surface area (Å²) in [4.78, 5) is 3.35. The summed E-state index contributed by atoms with van der Waals surface area (Å²) in [5.41, 5.74) is 3.07. The molecule has 0 saturated heterocycles. The molecule has 1 heterocycles. The molecule has 1 aromatic heterocycles. The van der Waals surface area contributed by atoms with Crippen LogP contribution in [0.3, 0.4) is 0 Å². The number of nitrogens with one attached hydrogen (secondary N) is 1. The van der Waals surface area contributed by atoms with E-state index in [1.165, 1.54) is 31.4 Å². The van der Waals surface area contributed by atoms with Crippen LogP contribution in [0, 0.1) is 0 Å². The van der Waals surface area contributed by atoms with E-state index < -0.39 is 0 Å². The molecule has 1 aliphatic rings. The Balaban J connectivity index is 2.16. The van der Waals surface area contributed by atoms with Crippen LogP contribution in [0.25, 0.3) is 0 Å². The summed E-state index contributed by atoms with van der Waals surface area (Å²) in [7, 11) is 0. The lowest BCUT2D eigenvalue weighted by Crippen LogP contribution is -1.87. The molecular formula is C10H15N. The van der Waals surface area contributed by atoms with Crippen molar-refractivity contribution in [3.05, 3.63) is 23.5 Å². The van der Waals surface area contributed by atoms with E-state index in [4.69, 9.17) is 0 Å². The van der Waals surface area contributed by atoms with E-state index >= 15 is 0 Å². The highest BCUT2D eigenvalue weighted by Gasteiger charge is 2.26. The zero-order valence-electron chi connectivity index (χ0n) is 7.06. The molecule has 0 spiro atoms. The highest BCUT2D eigenvalue weighted by molar-refractivity contribution is 5.27. The fourth-order valence-electron chi connectivity index (χ4n) is 1.65. The van der Waals surface area contributed by atoms with E-state index in [0.29, 0.717) is 0 Å². The number of aryl methyl sites for hydroxylation is 1. The van der Waals surface area contributed by atoms with Crippen molar-refractivity contribution in [1.82, 2.24) is 4.98 Å². The lowest BCUT2D eigenvalue weighted by Gasteiger charge is -1.98. The molecule has 2 rings (SSSR count). The smallest absolute Gasteiger partial charge is 0.0211 e. The normalized spacial score (nSPS) is 17.2. The first-order chi connectivity index (χ1) is 5.42. The van der Waals surface area contributed by atoms with Gasteiger partial charge in [0, 0.05) is 11.9 Å². The van der Waals surface area contributed by atoms with Gasteiger partial charge in [-0.2, -0.15) is 0 Å². The molecule has 0 amide bonds. The Morgan fingerprint density at radius 3 is 3.00 bits per heavy atom. The maximum absolute atomic E-state index is 3.35. The van der Waals surface area contributed by atoms with Crippen LogP contribution in [0.1, 0.15) is 43.4 Å². The molecule has 1 aliphatic carbocycles. The van der Waals surface area contributed by atoms with Crippen LogP contribution in [-0.2, 0) is 6.42 Å². The average molecular weight is 149 g/mol. The summed E-state index contributed by atoms with van der Waals surface area (Å²) in [6, 6.07) is 2.23. The number of hydrogen-bond acceptors (Lipinski definition) is 0. The minimum Gasteiger partial charge on any atom is -0.365 e. The van der Waals surface area contributed by atoms with E-state index in [1.807, 2.05) is 0 Å². The minimum atomic E-state index is 0.881. The Labute approximate surface area is 67.8 Å². The van der Waals surface area contributed by atoms with Crippen LogP contribution in [-0.4, -0.2) is 4.98 Å². The van der Waals surface area contributed by atoms with E-state index in [2.05, 4.69) is 24.2 Å². The van der Waals surface area contributed by atoms with Crippen molar-refractivity contribution in [3.63, 3.8) is 0 Å². The van der Waals surface area contributed by atoms with E-state index in [9.17, 15) is 0 Å². The van der Waals surface area contributed by atoms with Gasteiger partial charge in [-0.25, -0.2) is 0 Å². The summed E-state index contributed by atoms with van der Waals surface area (Å²) in [6.07, 6.45) is 7.39. The van der Waals surface area contributed by atoms with Gasteiger partial charge in [0.2, 0.25) is 0 Å². The van der Waals surface area contributed by atoms with Gasteiger partial charge in [-0.05, 0) is 36.8 Å². The molecule has 0 unspecified atom stereocenters. The zero-order valence-corrected chi connectivity index (χ0v) is 7.06. The highest BCUT2D eigenvalue weighted by Crippen LogP contribution is 2.40. The van der Waals surface area contributed by atoms with Gasteiger partial charge in [0.25, 0.3) is 0 Å². The van der Waals surface area contributed by atoms with Crippen molar-refractivity contribution in [3.8, 4) is 0 Å². The van der Waals surface area contributed by atoms with E-state index in [0.717, 1.165) is 5.92 Å². The monoisotopic (exact) mass is 149 g/mol. The largest absolute Gasteiger partial charge is 0.365 e. The summed E-state index contributed by atoms with van der Waals surface area (Å²) in [5.74, 6) is 0.881. The average Bonchev–Trinajstić information content (AvgIpc) is 2.75. The SMILES string of the molecule is CCCc1cc[nH]c1C1CC1. The topological polar surface area (TPSA) is 15.8 Å². The van der Waals surface area contributed by atoms with Gasteiger partial charge in [0.15, 0.2) is 0 Å². The van der Waals surface area contributed by atoms with Gasteiger partial charge < -0.3 is 4.98 Å². The summed E-state index contributed by atoms with van der Waals surface area (Å²) < 4.78 is 0. The van der Waals surface area contributed by atoms with Gasteiger partial charge in [-0.15, -0.1) is 0 Å². The first kappa shape index (κ1) is 6.96. The predicted molar refractivity (Wildman–Crippen MR) is 46.8 cm³/mol. The van der Waals surface area contributed by atoms with Gasteiger partial charge in [-0.3, -0.25) is 0 Å². The lowest BCUT2D eigenvalue weighted by molar-refractivity contribution is 0.891. The van der Waals surface area contributed by atoms with Crippen LogP contribution >= 0.6 is 0 Å². The first-order valence-corrected chi connectivity index (χ1v) is 4.58. The molecule has 0 aromatic carbocycles. The molecule has 60 valence electrons. The van der Waals surface area contributed by atoms with Crippen molar-refractivity contribution in [2.24, 2.45) is 0 Å². The van der Waals surface area contributed by atoms with Crippen LogP contribution in [0.15, 0.2) is 12.3 Å². The van der Waals surface area contributed by atoms with Crippen LogP contribution in [0.4, 0.5) is 0 Å². The number of aromatic amines is 1. The zero-order chi connectivity index (χ0) is 7.68. The highest BCUT2D eigenvalue weighted by atomic mass is 14.7. The van der Waals surface area contributed by atoms with Gasteiger partial charge in [0.1, 0.15) is 0 Å². The first-order valence-electron chi connectivity index (χ1n) is 4.58. The van der Waals surface area contributed by atoms with Crippen molar-refractivity contribution in [2.75, 3.05) is 0 Å². The minimum absolute atomic E-state index is 0.881. The van der Waals surface area contributed by atoms with E-state index in [-0.39, 0.29) is 0 Å². The summed E-state index contributed by atoms with van der Waals surface area (Å²) in [5, 5.41) is 0. The molecule has 1 aromatic rings. The second kappa shape index (κ2) is 2.72. The third-order valence-corrected chi connectivity index (χ3v) is 2.37. The van der Waals surface area contributed by atoms with Crippen molar-refractivity contribution in [1.29, 1.82) is 0 Å². The van der Waals surface area contributed by atoms with Crippen molar-refractivity contribution < 1.29 is 0 Å². The van der Waals surface area contributed by atoms with Crippen LogP contribution < -0.4 is 0 Å². The van der Waals surface area contributed by atoms with Crippen molar-refractivity contribution >= 4 is 0 Å². The maximum Gasteiger partial charge on any atom is 0.0211 e. The Kier molecular flexibility index (Phi) is 1.72. The van der Waals surface area contributed by atoms with E-state index in [1.54, 1.807) is 5.56 Å². The van der Waals surface area contributed by atoms with Gasteiger partial charge >= 0.3 is 0 Å². The lowest BCUT2D eigenvalue weighted by atomic mass is 10.1. The van der Waals surface area contributed by atoms with Crippen LogP contribution in [0.2, 0.25) is 0 Å². The molecule has 0 aliphatic heterocycles. The molecular weight excluding hydrogens is 134 g/mol. The van der Waals surface area contributed by atoms with Crippen molar-refractivity contribution in [2.45, 2.75) is 38.5 Å². The fraction of sp³-hybridized carbons (Fsp3) is 0.600. The Bertz CT molecular complexity index is 233. The number of H-pyrrole nitrogens is 1. The molecule has 11 heavy (non-hydrogen) atoms. The molecule has 1 fully saturated rings. The molecule has 0 radical (unpaired) electrons. The third kappa shape index (κ3) is 1.32. The standard InChI is InChI=1S/C10H15N/c1-2-3-8-6-7-11-10(8)9-4-5-9/h6-7,9,11H,2-5H2,1H3. The predicted octanol–water partition coefficient (Wildman–Crippen LogP) is 2.84. The fourth-order valence-corrected chi connectivity index (χ4v) is 1.65. The molecule has 1 saturated carbocycles. The second-order valence-electron chi connectivity index (χ2n) is 3.44. The number of aromatic nitrogens is 1. The third-order valence-electron chi connectivity index (χ3n) is 2.37. The summed E-state index contributed by atoms with van der Waals surface area (Å²) >= 11 is 0. The number of hydrogen-bond donors (Lipinski definition) is 1. The summed E-state index contributed by atoms with van der Waals surface area (Å²) in [6.45, 7) is 2.24. The Morgan fingerprint density at radius 2 is 2.36 bits per heavy atom. The van der Waals surface area contributed by atoms with Gasteiger partial charge in [-0.1, -0.05) is 13.3 Å². The van der Waals surface area contributed by atoms with Crippen LogP contribution in [0.5, 0.6) is 0 Å². The number of rotatable bonds is 3. The Hall–Kier alpha value is -0.720. The van der Waals surface area contributed by atoms with Gasteiger partial charge in [0.05, 0.1) is 0 Å². The second-order valence-corrected chi connectivity index (χ2v) is 3.44. The maximum atomic E-state index is 3.35.